The highest BCUT2D eigenvalue weighted by Crippen LogP contribution is 2.31. The van der Waals surface area contributed by atoms with E-state index in [-0.39, 0.29) is 0 Å². The van der Waals surface area contributed by atoms with Crippen molar-refractivity contribution in [3.05, 3.63) is 71.3 Å². The normalized spacial score (nSPS) is 13.9. The van der Waals surface area contributed by atoms with Crippen molar-refractivity contribution in [1.29, 1.82) is 0 Å². The summed E-state index contributed by atoms with van der Waals surface area (Å²) in [6.45, 7) is 0. The van der Waals surface area contributed by atoms with Gasteiger partial charge in [0.1, 0.15) is 6.29 Å². The number of hydrogen-bond donors (Lipinski definition) is 1. The molecule has 0 aliphatic heterocycles. The van der Waals surface area contributed by atoms with Gasteiger partial charge in [-0.25, -0.2) is 0 Å². The number of carbonyl (C=O) groups is 1. The molecule has 0 spiro atoms. The molecule has 1 aliphatic carbocycles. The third kappa shape index (κ3) is 2.29. The van der Waals surface area contributed by atoms with Crippen LogP contribution in [0.25, 0.3) is 5.70 Å². The predicted octanol–water partition coefficient (Wildman–Crippen LogP) is 3.65. The van der Waals surface area contributed by atoms with Crippen LogP contribution in [0, 0.1) is 0 Å². The third-order valence-electron chi connectivity index (χ3n) is 3.46. The molecule has 2 heteroatoms. The van der Waals surface area contributed by atoms with Gasteiger partial charge in [-0.15, -0.1) is 0 Å². The minimum atomic E-state index is 0.801. The minimum absolute atomic E-state index is 0.801. The van der Waals surface area contributed by atoms with Gasteiger partial charge in [-0.3, -0.25) is 4.79 Å². The molecule has 0 atom stereocenters. The summed E-state index contributed by atoms with van der Waals surface area (Å²) in [7, 11) is 0. The number of rotatable bonds is 3. The van der Waals surface area contributed by atoms with Crippen molar-refractivity contribution in [3.63, 3.8) is 0 Å². The maximum absolute atomic E-state index is 11.3. The van der Waals surface area contributed by atoms with Gasteiger partial charge < -0.3 is 5.32 Å². The molecule has 0 fully saturated rings. The number of nitrogens with one attached hydrogen (secondary N) is 1. The summed E-state index contributed by atoms with van der Waals surface area (Å²) in [5, 5.41) is 3.39. The van der Waals surface area contributed by atoms with E-state index in [2.05, 4.69) is 17.4 Å². The molecule has 0 aromatic heterocycles. The first-order valence-corrected chi connectivity index (χ1v) is 6.47. The molecular formula is C17H15NO. The molecule has 19 heavy (non-hydrogen) atoms. The molecule has 2 aromatic carbocycles. The van der Waals surface area contributed by atoms with Gasteiger partial charge in [-0.2, -0.15) is 0 Å². The third-order valence-corrected chi connectivity index (χ3v) is 3.46. The number of para-hydroxylation sites is 1. The molecule has 3 rings (SSSR count). The molecule has 1 N–H and O–H groups in total. The monoisotopic (exact) mass is 249 g/mol. The van der Waals surface area contributed by atoms with E-state index in [1.807, 2.05) is 42.5 Å². The summed E-state index contributed by atoms with van der Waals surface area (Å²) in [5.74, 6) is 0. The van der Waals surface area contributed by atoms with Crippen molar-refractivity contribution in [2.45, 2.75) is 12.8 Å². The molecule has 2 nitrogen and oxygen atoms in total. The summed E-state index contributed by atoms with van der Waals surface area (Å²) in [6, 6.07) is 18.2. The van der Waals surface area contributed by atoms with E-state index >= 15 is 0 Å². The standard InChI is InChI=1S/C17H15NO/c19-12-14-11-10-13-6-4-5-9-16(13)17(14)18-15-7-2-1-3-8-15/h1-9,12,18H,10-11H2. The minimum Gasteiger partial charge on any atom is -0.355 e. The van der Waals surface area contributed by atoms with E-state index in [0.29, 0.717) is 0 Å². The van der Waals surface area contributed by atoms with Crippen molar-refractivity contribution in [2.75, 3.05) is 5.32 Å². The lowest BCUT2D eigenvalue weighted by Gasteiger charge is -2.22. The Hall–Kier alpha value is -2.35. The molecule has 0 unspecified atom stereocenters. The zero-order valence-corrected chi connectivity index (χ0v) is 10.6. The van der Waals surface area contributed by atoms with E-state index < -0.39 is 0 Å². The Labute approximate surface area is 112 Å². The van der Waals surface area contributed by atoms with Gasteiger partial charge in [-0.05, 0) is 30.5 Å². The number of fused-ring (bicyclic) bond motifs is 1. The van der Waals surface area contributed by atoms with E-state index in [4.69, 9.17) is 0 Å². The first-order valence-electron chi connectivity index (χ1n) is 6.47. The van der Waals surface area contributed by atoms with Gasteiger partial charge in [0.2, 0.25) is 0 Å². The Bertz CT molecular complexity index is 629. The fourth-order valence-corrected chi connectivity index (χ4v) is 2.48. The second-order valence-electron chi connectivity index (χ2n) is 4.67. The van der Waals surface area contributed by atoms with Crippen LogP contribution in [-0.2, 0) is 11.2 Å². The largest absolute Gasteiger partial charge is 0.355 e. The Morgan fingerprint density at radius 3 is 2.42 bits per heavy atom. The van der Waals surface area contributed by atoms with Crippen LogP contribution in [-0.4, -0.2) is 6.29 Å². The second kappa shape index (κ2) is 5.11. The van der Waals surface area contributed by atoms with Crippen LogP contribution in [0.3, 0.4) is 0 Å². The smallest absolute Gasteiger partial charge is 0.148 e. The number of allylic oxidation sites excluding steroid dienone is 1. The zero-order chi connectivity index (χ0) is 13.1. The number of anilines is 1. The van der Waals surface area contributed by atoms with Crippen LogP contribution < -0.4 is 5.32 Å². The van der Waals surface area contributed by atoms with Crippen LogP contribution in [0.15, 0.2) is 60.2 Å². The number of aldehydes is 1. The van der Waals surface area contributed by atoms with Gasteiger partial charge >= 0.3 is 0 Å². The Balaban J connectivity index is 2.05. The molecule has 2 aromatic rings. The number of carbonyl (C=O) groups excluding carboxylic acids is 1. The van der Waals surface area contributed by atoms with Gasteiger partial charge in [0.05, 0.1) is 5.70 Å². The highest BCUT2D eigenvalue weighted by atomic mass is 16.1. The van der Waals surface area contributed by atoms with Gasteiger partial charge in [0.15, 0.2) is 0 Å². The molecule has 0 saturated heterocycles. The summed E-state index contributed by atoms with van der Waals surface area (Å²) in [5.41, 5.74) is 5.24. The zero-order valence-electron chi connectivity index (χ0n) is 10.6. The lowest BCUT2D eigenvalue weighted by molar-refractivity contribution is -0.105. The lowest BCUT2D eigenvalue weighted by atomic mass is 9.89. The molecule has 0 amide bonds. The molecule has 94 valence electrons. The quantitative estimate of drug-likeness (QED) is 0.841. The number of aryl methyl sites for hydroxylation is 1. The molecule has 0 radical (unpaired) electrons. The highest BCUT2D eigenvalue weighted by molar-refractivity contribution is 5.94. The second-order valence-corrected chi connectivity index (χ2v) is 4.67. The molecular weight excluding hydrogens is 234 g/mol. The van der Waals surface area contributed by atoms with Crippen molar-refractivity contribution in [1.82, 2.24) is 0 Å². The van der Waals surface area contributed by atoms with E-state index in [0.717, 1.165) is 41.6 Å². The maximum Gasteiger partial charge on any atom is 0.148 e. The highest BCUT2D eigenvalue weighted by Gasteiger charge is 2.18. The summed E-state index contributed by atoms with van der Waals surface area (Å²) in [4.78, 5) is 11.3. The van der Waals surface area contributed by atoms with Crippen molar-refractivity contribution in [3.8, 4) is 0 Å². The summed E-state index contributed by atoms with van der Waals surface area (Å²) >= 11 is 0. The fourth-order valence-electron chi connectivity index (χ4n) is 2.48. The first-order chi connectivity index (χ1) is 9.38. The maximum atomic E-state index is 11.3. The summed E-state index contributed by atoms with van der Waals surface area (Å²) in [6.07, 6.45) is 2.71. The number of hydrogen-bond acceptors (Lipinski definition) is 2. The van der Waals surface area contributed by atoms with Crippen molar-refractivity contribution in [2.24, 2.45) is 0 Å². The van der Waals surface area contributed by atoms with Crippen LogP contribution in [0.5, 0.6) is 0 Å². The van der Waals surface area contributed by atoms with Gasteiger partial charge in [-0.1, -0.05) is 42.5 Å². The number of benzene rings is 2. The Kier molecular flexibility index (Phi) is 3.15. The Morgan fingerprint density at radius 1 is 0.895 bits per heavy atom. The SMILES string of the molecule is O=CC1=C(Nc2ccccc2)c2ccccc2CC1. The molecule has 1 aliphatic rings. The van der Waals surface area contributed by atoms with E-state index in [9.17, 15) is 4.79 Å². The van der Waals surface area contributed by atoms with E-state index in [1.54, 1.807) is 0 Å². The summed E-state index contributed by atoms with van der Waals surface area (Å²) < 4.78 is 0. The van der Waals surface area contributed by atoms with Crippen molar-refractivity contribution < 1.29 is 4.79 Å². The van der Waals surface area contributed by atoms with Gasteiger partial charge in [0, 0.05) is 16.8 Å². The predicted molar refractivity (Wildman–Crippen MR) is 77.8 cm³/mol. The van der Waals surface area contributed by atoms with Crippen molar-refractivity contribution >= 4 is 17.7 Å². The average molecular weight is 249 g/mol. The topological polar surface area (TPSA) is 29.1 Å². The van der Waals surface area contributed by atoms with Crippen LogP contribution >= 0.6 is 0 Å². The van der Waals surface area contributed by atoms with Gasteiger partial charge in [0.25, 0.3) is 0 Å². The van der Waals surface area contributed by atoms with E-state index in [1.165, 1.54) is 5.56 Å². The lowest BCUT2D eigenvalue weighted by Crippen LogP contribution is -2.11. The molecule has 0 heterocycles. The van der Waals surface area contributed by atoms with Crippen LogP contribution in [0.1, 0.15) is 17.5 Å². The van der Waals surface area contributed by atoms with Crippen LogP contribution in [0.2, 0.25) is 0 Å². The fraction of sp³-hybridized carbons (Fsp3) is 0.118. The average Bonchev–Trinajstić information content (AvgIpc) is 2.49. The molecule has 0 bridgehead atoms. The Morgan fingerprint density at radius 2 is 1.63 bits per heavy atom. The molecule has 0 saturated carbocycles. The first kappa shape index (κ1) is 11.7. The van der Waals surface area contributed by atoms with Crippen LogP contribution in [0.4, 0.5) is 5.69 Å².